The molecule has 1 heterocycles. The van der Waals surface area contributed by atoms with E-state index in [9.17, 15) is 4.79 Å². The van der Waals surface area contributed by atoms with E-state index in [0.29, 0.717) is 18.5 Å². The van der Waals surface area contributed by atoms with Gasteiger partial charge in [0.15, 0.2) is 0 Å². The van der Waals surface area contributed by atoms with E-state index in [1.54, 1.807) is 0 Å². The van der Waals surface area contributed by atoms with Crippen LogP contribution in [0.5, 0.6) is 0 Å². The van der Waals surface area contributed by atoms with Crippen LogP contribution in [0.25, 0.3) is 0 Å². The summed E-state index contributed by atoms with van der Waals surface area (Å²) in [6, 6.07) is 0.485. The number of nitrogens with two attached hydrogens (primary N) is 1. The number of carbonyl (C=O) groups is 1. The summed E-state index contributed by atoms with van der Waals surface area (Å²) in [7, 11) is 0. The first-order valence-corrected chi connectivity index (χ1v) is 4.99. The molecule has 0 aromatic rings. The number of hydrogen-bond donors (Lipinski definition) is 2. The Balaban J connectivity index is 1.59. The summed E-state index contributed by atoms with van der Waals surface area (Å²) in [6.07, 6.45) is 2.33. The van der Waals surface area contributed by atoms with Crippen molar-refractivity contribution in [3.63, 3.8) is 0 Å². The lowest BCUT2D eigenvalue weighted by atomic mass is 10.0. The molecule has 2 fully saturated rings. The van der Waals surface area contributed by atoms with E-state index in [0.717, 1.165) is 32.5 Å². The van der Waals surface area contributed by atoms with Crippen LogP contribution in [0, 0.1) is 5.92 Å². The molecule has 0 atom stereocenters. The average Bonchev–Trinajstić information content (AvgIpc) is 2.79. The fourth-order valence-electron chi connectivity index (χ4n) is 1.66. The van der Waals surface area contributed by atoms with Crippen LogP contribution in [0.3, 0.4) is 0 Å². The summed E-state index contributed by atoms with van der Waals surface area (Å²) in [4.78, 5) is 13.5. The third kappa shape index (κ3) is 2.42. The second-order valence-corrected chi connectivity index (χ2v) is 4.14. The van der Waals surface area contributed by atoms with E-state index in [4.69, 9.17) is 5.73 Å². The van der Waals surface area contributed by atoms with E-state index in [2.05, 4.69) is 10.2 Å². The minimum absolute atomic E-state index is 0.179. The fourth-order valence-corrected chi connectivity index (χ4v) is 1.66. The minimum Gasteiger partial charge on any atom is -0.352 e. The first-order valence-electron chi connectivity index (χ1n) is 4.99. The van der Waals surface area contributed by atoms with Crippen molar-refractivity contribution in [3.8, 4) is 0 Å². The van der Waals surface area contributed by atoms with Gasteiger partial charge in [-0.2, -0.15) is 0 Å². The number of rotatable bonds is 4. The van der Waals surface area contributed by atoms with Gasteiger partial charge in [-0.1, -0.05) is 0 Å². The van der Waals surface area contributed by atoms with Crippen LogP contribution in [0.15, 0.2) is 0 Å². The van der Waals surface area contributed by atoms with Crippen molar-refractivity contribution in [1.82, 2.24) is 10.2 Å². The van der Waals surface area contributed by atoms with E-state index in [1.165, 1.54) is 0 Å². The largest absolute Gasteiger partial charge is 0.352 e. The summed E-state index contributed by atoms with van der Waals surface area (Å²) >= 11 is 0. The lowest BCUT2D eigenvalue weighted by molar-refractivity contribution is -0.123. The molecule has 0 spiro atoms. The highest BCUT2D eigenvalue weighted by Crippen LogP contribution is 2.19. The van der Waals surface area contributed by atoms with E-state index >= 15 is 0 Å². The quantitative estimate of drug-likeness (QED) is 0.597. The van der Waals surface area contributed by atoms with Gasteiger partial charge in [0.25, 0.3) is 0 Å². The van der Waals surface area contributed by atoms with Crippen LogP contribution in [0.1, 0.15) is 12.8 Å². The second-order valence-electron chi connectivity index (χ2n) is 4.14. The van der Waals surface area contributed by atoms with E-state index < -0.39 is 0 Å². The molecule has 0 radical (unpaired) electrons. The van der Waals surface area contributed by atoms with Crippen molar-refractivity contribution in [2.24, 2.45) is 11.7 Å². The van der Waals surface area contributed by atoms with Gasteiger partial charge in [-0.3, -0.25) is 9.69 Å². The predicted octanol–water partition coefficient (Wildman–Crippen LogP) is -0.844. The highest BCUT2D eigenvalue weighted by Gasteiger charge is 2.29. The van der Waals surface area contributed by atoms with Crippen molar-refractivity contribution in [2.75, 3.05) is 26.2 Å². The van der Waals surface area contributed by atoms with Gasteiger partial charge in [0, 0.05) is 19.1 Å². The maximum Gasteiger partial charge on any atom is 0.234 e. The Morgan fingerprint density at radius 1 is 1.46 bits per heavy atom. The van der Waals surface area contributed by atoms with Crippen LogP contribution in [0.2, 0.25) is 0 Å². The maximum atomic E-state index is 11.3. The topological polar surface area (TPSA) is 58.4 Å². The summed E-state index contributed by atoms with van der Waals surface area (Å²) in [5.74, 6) is 0.798. The molecule has 2 rings (SSSR count). The Bertz CT molecular complexity index is 197. The van der Waals surface area contributed by atoms with Crippen LogP contribution >= 0.6 is 0 Å². The monoisotopic (exact) mass is 183 g/mol. The summed E-state index contributed by atoms with van der Waals surface area (Å²) in [5, 5.41) is 2.97. The SMILES string of the molecule is NCC1CN(CC(=O)NC2CC2)C1. The highest BCUT2D eigenvalue weighted by atomic mass is 16.2. The number of nitrogens with one attached hydrogen (secondary N) is 1. The van der Waals surface area contributed by atoms with Gasteiger partial charge >= 0.3 is 0 Å². The maximum absolute atomic E-state index is 11.3. The van der Waals surface area contributed by atoms with E-state index in [-0.39, 0.29) is 5.91 Å². The molecule has 0 bridgehead atoms. The fraction of sp³-hybridized carbons (Fsp3) is 0.889. The smallest absolute Gasteiger partial charge is 0.234 e. The van der Waals surface area contributed by atoms with Gasteiger partial charge in [-0.05, 0) is 25.3 Å². The van der Waals surface area contributed by atoms with Crippen LogP contribution in [-0.4, -0.2) is 43.0 Å². The van der Waals surface area contributed by atoms with Gasteiger partial charge in [-0.25, -0.2) is 0 Å². The van der Waals surface area contributed by atoms with Crippen molar-refractivity contribution in [1.29, 1.82) is 0 Å². The van der Waals surface area contributed by atoms with Gasteiger partial charge in [0.05, 0.1) is 6.54 Å². The lowest BCUT2D eigenvalue weighted by Gasteiger charge is -2.37. The summed E-state index contributed by atoms with van der Waals surface area (Å²) in [6.45, 7) is 3.30. The van der Waals surface area contributed by atoms with Gasteiger partial charge in [-0.15, -0.1) is 0 Å². The van der Waals surface area contributed by atoms with Crippen LogP contribution in [-0.2, 0) is 4.79 Å². The molecule has 0 aromatic heterocycles. The zero-order chi connectivity index (χ0) is 9.26. The normalized spacial score (nSPS) is 24.1. The third-order valence-electron chi connectivity index (χ3n) is 2.68. The number of carbonyl (C=O) groups excluding carboxylic acids is 1. The molecule has 1 amide bonds. The Labute approximate surface area is 78.5 Å². The molecule has 0 aromatic carbocycles. The molecule has 3 N–H and O–H groups in total. The van der Waals surface area contributed by atoms with Crippen LogP contribution in [0.4, 0.5) is 0 Å². The lowest BCUT2D eigenvalue weighted by Crippen LogP contribution is -2.53. The molecule has 74 valence electrons. The zero-order valence-corrected chi connectivity index (χ0v) is 7.83. The molecule has 2 aliphatic rings. The van der Waals surface area contributed by atoms with Crippen molar-refractivity contribution in [2.45, 2.75) is 18.9 Å². The predicted molar refractivity (Wildman–Crippen MR) is 50.1 cm³/mol. The number of amides is 1. The number of nitrogens with zero attached hydrogens (tertiary/aromatic N) is 1. The molecule has 1 aliphatic heterocycles. The van der Waals surface area contributed by atoms with E-state index in [1.807, 2.05) is 0 Å². The van der Waals surface area contributed by atoms with Crippen LogP contribution < -0.4 is 11.1 Å². The van der Waals surface area contributed by atoms with Gasteiger partial charge in [0.2, 0.25) is 5.91 Å². The average molecular weight is 183 g/mol. The summed E-state index contributed by atoms with van der Waals surface area (Å²) < 4.78 is 0. The first-order chi connectivity index (χ1) is 6.28. The molecular formula is C9H17N3O. The molecule has 1 saturated carbocycles. The minimum atomic E-state index is 0.179. The van der Waals surface area contributed by atoms with Gasteiger partial charge in [0.1, 0.15) is 0 Å². The van der Waals surface area contributed by atoms with Crippen molar-refractivity contribution >= 4 is 5.91 Å². The van der Waals surface area contributed by atoms with Gasteiger partial charge < -0.3 is 11.1 Å². The Kier molecular flexibility index (Phi) is 2.51. The molecule has 1 saturated heterocycles. The number of likely N-dealkylation sites (tertiary alicyclic amines) is 1. The first kappa shape index (κ1) is 8.97. The highest BCUT2D eigenvalue weighted by molar-refractivity contribution is 5.78. The molecule has 13 heavy (non-hydrogen) atoms. The molecule has 4 nitrogen and oxygen atoms in total. The Morgan fingerprint density at radius 2 is 2.15 bits per heavy atom. The molecular weight excluding hydrogens is 166 g/mol. The standard InChI is InChI=1S/C9H17N3O/c10-3-7-4-12(5-7)6-9(13)11-8-1-2-8/h7-8H,1-6,10H2,(H,11,13). The molecule has 4 heteroatoms. The van der Waals surface area contributed by atoms with Crippen molar-refractivity contribution < 1.29 is 4.79 Å². The molecule has 0 unspecified atom stereocenters. The molecule has 1 aliphatic carbocycles. The summed E-state index contributed by atoms with van der Waals surface area (Å²) in [5.41, 5.74) is 5.49. The van der Waals surface area contributed by atoms with Crippen molar-refractivity contribution in [3.05, 3.63) is 0 Å². The second kappa shape index (κ2) is 3.64. The Morgan fingerprint density at radius 3 is 2.69 bits per heavy atom. The Hall–Kier alpha value is -0.610. The zero-order valence-electron chi connectivity index (χ0n) is 7.83. The number of hydrogen-bond acceptors (Lipinski definition) is 3. The third-order valence-corrected chi connectivity index (χ3v) is 2.68.